The number of likely N-dealkylation sites (N-methyl/N-ethyl adjacent to an activating group) is 1. The number of aliphatic carboxylic acids is 1. The fraction of sp³-hybridized carbons (Fsp3) is 0.506. The van der Waals surface area contributed by atoms with Crippen LogP contribution < -0.4 is 63.2 Å². The lowest BCUT2D eigenvalue weighted by Gasteiger charge is -2.42. The number of aliphatic hydroxyl groups is 3. The number of nitrogens with zero attached hydrogens (tertiary/aromatic N) is 2. The third-order valence-electron chi connectivity index (χ3n) is 22.6. The average Bonchev–Trinajstić information content (AvgIpc) is 1.57. The maximum atomic E-state index is 15.3. The number of amides is 11. The van der Waals surface area contributed by atoms with E-state index in [0.29, 0.717) is 46.1 Å². The van der Waals surface area contributed by atoms with Gasteiger partial charge in [0.25, 0.3) is 0 Å². The first-order chi connectivity index (χ1) is 60.8. The fourth-order valence-corrected chi connectivity index (χ4v) is 19.5. The first-order valence-corrected chi connectivity index (χ1v) is 47.1. The standard InChI is InChI=1S/C87H114ClN13O23S4/c1-46-19-18-25-67(121-10)87(119)42-66(122-85(118)99-87)47(2)75-86(6,124-75)68(41-71(107)101(8)64-38-53(35-46)39-65(120-9)72(64)88)123-84(117)48(3)100(7)70(106)31-34-126-125-33-30-69(105)91-59(36-51-20-12-11-13-21-51)77(109)95-62-44-127-128-45-63(81(113)98-74(50(5)103)83(115)116)96-82(114)73(49(4)102)97-76(108)58(24-16-17-32-89)92-79(111)61(40-54-43-90-57-23-15-14-22-56(54)57)94-78(110)60(93-80(62)112)37-52-26-28-55(104)29-27-52/h11-15,18-23,25-29,38-39,43,47-50,58-63,66-68,73-75,90,102-104,119H,16-17,24,30-37,40-42,44-45,89H2,1-10H3,(H,91,105)(H,92,111)(H,93,112)(H,94,110)(H,95,109)(H,96,114)(H,97,108)(H,98,113)(H,99,118)(H,115,116)/b25-18+,46-19+/t47-,48+,49-,50-,58+,59-,60+,61-,62+,63+,66+,67-,68+,73+,74+,75+,86+,87+/m1/s1. The van der Waals surface area contributed by atoms with E-state index in [0.717, 1.165) is 39.6 Å². The average molecular weight is 1870 g/mol. The summed E-state index contributed by atoms with van der Waals surface area (Å²) in [4.78, 5) is 192. The molecule has 5 heterocycles. The van der Waals surface area contributed by atoms with E-state index in [1.54, 1.807) is 98.9 Å². The number of carboxylic acid groups (broad SMARTS) is 1. The van der Waals surface area contributed by atoms with Crippen LogP contribution in [0.2, 0.25) is 5.02 Å². The van der Waals surface area contributed by atoms with Gasteiger partial charge in [0, 0.05) is 106 Å². The van der Waals surface area contributed by atoms with E-state index in [2.05, 4.69) is 52.8 Å². The number of phenolic OH excluding ortho intramolecular Hbond substituents is 1. The van der Waals surface area contributed by atoms with Gasteiger partial charge in [-0.1, -0.05) is 146 Å². The first kappa shape index (κ1) is 102. The van der Waals surface area contributed by atoms with Crippen molar-refractivity contribution < 1.29 is 112 Å². The summed E-state index contributed by atoms with van der Waals surface area (Å²) >= 11 is 6.90. The van der Waals surface area contributed by atoms with Gasteiger partial charge in [-0.2, -0.15) is 0 Å². The fourth-order valence-electron chi connectivity index (χ4n) is 14.9. The second-order valence-electron chi connectivity index (χ2n) is 32.2. The van der Waals surface area contributed by atoms with Crippen LogP contribution in [0.4, 0.5) is 10.5 Å². The van der Waals surface area contributed by atoms with Crippen molar-refractivity contribution in [3.63, 3.8) is 0 Å². The molecule has 0 radical (unpaired) electrons. The summed E-state index contributed by atoms with van der Waals surface area (Å²) in [5.41, 5.74) is 6.58. The molecule has 5 aromatic rings. The van der Waals surface area contributed by atoms with Crippen molar-refractivity contribution in [3.05, 3.63) is 148 Å². The number of aromatic hydroxyl groups is 1. The minimum atomic E-state index is -1.95. The number of carboxylic acids is 1. The Kier molecular flexibility index (Phi) is 37.7. The van der Waals surface area contributed by atoms with Crippen LogP contribution in [0.25, 0.3) is 10.9 Å². The SMILES string of the molecule is COc1cc2cc(c1Cl)N(C)C(=O)C[C@H](OC(=O)[C@H](C)N(C)C(=O)CCSSCCC(=O)N[C@H](Cc1ccccc1)C(=O)N[C@H]1CSSC[C@@H](C(=O)N[C@H](C(=O)O)[C@@H](C)O)NC(=O)[C@H]([C@@H](C)O)NC(=O)[C@H](CCCCN)NC(=O)[C@@H](Cc3c[nH]c4ccccc34)NC(=O)[C@H](Cc3ccc(O)cc3)NC1=O)[C@]1(C)O[C@H]1[C@H](C)[C@@H]1C[C@@](O)(NC(=O)O1)[C@H](OC)/C=C/C=C(\C)C2. The Morgan fingerprint density at radius 2 is 1.46 bits per heavy atom. The number of aromatic nitrogens is 1. The number of epoxide rings is 1. The summed E-state index contributed by atoms with van der Waals surface area (Å²) in [5, 5.41) is 78.2. The third-order valence-corrected chi connectivity index (χ3v) is 27.8. The van der Waals surface area contributed by atoms with Gasteiger partial charge in [0.1, 0.15) is 88.8 Å². The molecule has 4 aliphatic heterocycles. The number of benzene rings is 4. The molecule has 128 heavy (non-hydrogen) atoms. The second-order valence-corrected chi connectivity index (χ2v) is 37.9. The van der Waals surface area contributed by atoms with E-state index in [1.807, 2.05) is 13.0 Å². The number of carbonyl (C=O) groups excluding carboxylic acids is 12. The number of nitrogens with two attached hydrogens (primary N) is 1. The van der Waals surface area contributed by atoms with Crippen LogP contribution >= 0.6 is 54.8 Å². The van der Waals surface area contributed by atoms with Gasteiger partial charge in [0.05, 0.1) is 37.5 Å². The second kappa shape index (κ2) is 47.4. The zero-order valence-corrected chi connectivity index (χ0v) is 76.6. The van der Waals surface area contributed by atoms with Gasteiger partial charge in [-0.3, -0.25) is 53.3 Å². The lowest BCUT2D eigenvalue weighted by Crippen LogP contribution is -2.63. The van der Waals surface area contributed by atoms with E-state index in [9.17, 15) is 68.7 Å². The number of ether oxygens (including phenoxy) is 5. The molecule has 4 bridgehead atoms. The van der Waals surface area contributed by atoms with Crippen molar-refractivity contribution in [2.75, 3.05) is 62.8 Å². The van der Waals surface area contributed by atoms with E-state index in [1.165, 1.54) is 97.8 Å². The summed E-state index contributed by atoms with van der Waals surface area (Å²) in [6.45, 7) is 9.17. The number of phenols is 1. The Labute approximate surface area is 761 Å². The largest absolute Gasteiger partial charge is 0.508 e. The molecular formula is C87H114ClN13O23S4. The van der Waals surface area contributed by atoms with E-state index in [4.69, 9.17) is 41.0 Å². The molecule has 11 amide bonds. The lowest BCUT2D eigenvalue weighted by molar-refractivity contribution is -0.162. The Morgan fingerprint density at radius 1 is 0.805 bits per heavy atom. The number of alkyl carbamates (subject to hydrolysis) is 1. The zero-order valence-electron chi connectivity index (χ0n) is 72.6. The van der Waals surface area contributed by atoms with Crippen molar-refractivity contribution in [2.24, 2.45) is 11.7 Å². The minimum absolute atomic E-state index is 0.0870. The normalized spacial score (nSPS) is 26.0. The lowest BCUT2D eigenvalue weighted by atomic mass is 9.83. The molecule has 36 nitrogen and oxygen atoms in total. The summed E-state index contributed by atoms with van der Waals surface area (Å²) < 4.78 is 29.7. The molecule has 0 unspecified atom stereocenters. The molecule has 696 valence electrons. The molecule has 18 atom stereocenters. The van der Waals surface area contributed by atoms with Gasteiger partial charge in [0.2, 0.25) is 59.1 Å². The molecule has 17 N–H and O–H groups in total. The summed E-state index contributed by atoms with van der Waals surface area (Å²) in [6, 6.07) is 10.5. The predicted octanol–water partition coefficient (Wildman–Crippen LogP) is 3.84. The van der Waals surface area contributed by atoms with Gasteiger partial charge in [0.15, 0.2) is 11.8 Å². The molecule has 0 aliphatic carbocycles. The number of fused-ring (bicyclic) bond motifs is 6. The van der Waals surface area contributed by atoms with E-state index in [-0.39, 0.29) is 85.9 Å². The maximum absolute atomic E-state index is 15.3. The third kappa shape index (κ3) is 27.9. The van der Waals surface area contributed by atoms with Crippen molar-refractivity contribution >= 4 is 148 Å². The number of allylic oxidation sites excluding steroid dienone is 3. The number of unbranched alkanes of at least 4 members (excludes halogenated alkanes) is 1. The van der Waals surface area contributed by atoms with Crippen LogP contribution in [0.1, 0.15) is 109 Å². The van der Waals surface area contributed by atoms with Gasteiger partial charge in [-0.05, 0) is 119 Å². The van der Waals surface area contributed by atoms with Crippen LogP contribution in [0.3, 0.4) is 0 Å². The van der Waals surface area contributed by atoms with Crippen LogP contribution in [0, 0.1) is 5.92 Å². The van der Waals surface area contributed by atoms with Gasteiger partial charge in [-0.15, -0.1) is 0 Å². The topological polar surface area (TPSA) is 529 Å². The molecule has 9 rings (SSSR count). The number of methoxy groups -OCH3 is 2. The number of para-hydroxylation sites is 1. The molecule has 3 saturated heterocycles. The highest BCUT2D eigenvalue weighted by Crippen LogP contribution is 2.50. The Balaban J connectivity index is 0.912. The van der Waals surface area contributed by atoms with Gasteiger partial charge < -0.3 is 112 Å². The summed E-state index contributed by atoms with van der Waals surface area (Å²) in [6.07, 6.45) is -2.34. The molecule has 1 aromatic heterocycles. The number of rotatable bonds is 30. The number of anilines is 1. The number of aliphatic hydroxyl groups excluding tert-OH is 2. The van der Waals surface area contributed by atoms with Crippen molar-refractivity contribution in [1.29, 1.82) is 0 Å². The molecule has 41 heteroatoms. The minimum Gasteiger partial charge on any atom is -0.508 e. The van der Waals surface area contributed by atoms with Crippen LogP contribution in [0.15, 0.2) is 121 Å². The number of H-pyrrole nitrogens is 1. The Hall–Kier alpha value is -10.1. The number of nitrogens with one attached hydrogen (secondary N) is 10. The number of esters is 1. The highest BCUT2D eigenvalue weighted by Gasteiger charge is 2.65. The van der Waals surface area contributed by atoms with Crippen molar-refractivity contribution in [2.45, 2.75) is 214 Å². The number of hydrogen-bond acceptors (Lipinski definition) is 27. The number of halogens is 1. The van der Waals surface area contributed by atoms with E-state index >= 15 is 19.2 Å². The monoisotopic (exact) mass is 1870 g/mol. The quantitative estimate of drug-likeness (QED) is 0.0134. The molecule has 0 spiro atoms. The number of hydrogen-bond donors (Lipinski definition) is 16. The Bertz CT molecular complexity index is 4840. The molecule has 4 aliphatic rings. The van der Waals surface area contributed by atoms with Crippen molar-refractivity contribution in [1.82, 2.24) is 57.7 Å². The highest BCUT2D eigenvalue weighted by atomic mass is 35.5. The van der Waals surface area contributed by atoms with E-state index < -0.39 is 203 Å². The number of carbonyl (C=O) groups is 13. The van der Waals surface area contributed by atoms with Crippen molar-refractivity contribution in [3.8, 4) is 11.5 Å². The number of aromatic amines is 1. The molecule has 3 fully saturated rings. The van der Waals surface area contributed by atoms with Crippen LogP contribution in [-0.2, 0) is 102 Å². The van der Waals surface area contributed by atoms with Crippen LogP contribution in [-0.4, -0.2) is 273 Å². The van der Waals surface area contributed by atoms with Gasteiger partial charge in [-0.25, -0.2) is 14.4 Å². The predicted molar refractivity (Wildman–Crippen MR) is 483 cm³/mol. The first-order valence-electron chi connectivity index (χ1n) is 41.8. The molecular weight excluding hydrogens is 1760 g/mol. The highest BCUT2D eigenvalue weighted by molar-refractivity contribution is 8.77. The summed E-state index contributed by atoms with van der Waals surface area (Å²) in [7, 11) is 9.93. The smallest absolute Gasteiger partial charge is 0.409 e. The van der Waals surface area contributed by atoms with Crippen LogP contribution in [0.5, 0.6) is 11.5 Å². The zero-order chi connectivity index (χ0) is 93.4. The summed E-state index contributed by atoms with van der Waals surface area (Å²) in [5.74, 6) is -12.2. The maximum Gasteiger partial charge on any atom is 0.409 e. The molecule has 0 saturated carbocycles. The molecule has 4 aromatic carbocycles. The van der Waals surface area contributed by atoms with Gasteiger partial charge >= 0.3 is 18.0 Å². The Morgan fingerprint density at radius 3 is 2.13 bits per heavy atom.